The van der Waals surface area contributed by atoms with E-state index in [0.717, 1.165) is 11.4 Å². The van der Waals surface area contributed by atoms with Gasteiger partial charge in [-0.25, -0.2) is 0 Å². The second kappa shape index (κ2) is 5.48. The molecule has 1 atom stereocenters. The lowest BCUT2D eigenvalue weighted by Crippen LogP contribution is -2.07. The van der Waals surface area contributed by atoms with E-state index in [9.17, 15) is 8.78 Å². The van der Waals surface area contributed by atoms with Crippen molar-refractivity contribution in [2.24, 2.45) is 0 Å². The number of aromatic amines is 1. The minimum atomic E-state index is -2.80. The zero-order valence-corrected chi connectivity index (χ0v) is 9.73. The number of benzene rings is 1. The highest BCUT2D eigenvalue weighted by Gasteiger charge is 2.07. The molecule has 0 spiro atoms. The van der Waals surface area contributed by atoms with Crippen molar-refractivity contribution in [1.29, 1.82) is 0 Å². The molecule has 0 saturated carbocycles. The number of nitrogens with one attached hydrogen (secondary N) is 2. The molecule has 1 aromatic carbocycles. The highest BCUT2D eigenvalue weighted by molar-refractivity contribution is 5.47. The van der Waals surface area contributed by atoms with Crippen molar-refractivity contribution < 1.29 is 13.5 Å². The summed E-state index contributed by atoms with van der Waals surface area (Å²) in [7, 11) is 0. The van der Waals surface area contributed by atoms with E-state index in [1.165, 1.54) is 12.1 Å². The average Bonchev–Trinajstić information content (AvgIpc) is 2.84. The predicted molar refractivity (Wildman–Crippen MR) is 63.7 cm³/mol. The van der Waals surface area contributed by atoms with Crippen LogP contribution in [0.5, 0.6) is 5.75 Å². The molecule has 2 aromatic rings. The third-order valence-corrected chi connectivity index (χ3v) is 2.45. The average molecular weight is 253 g/mol. The van der Waals surface area contributed by atoms with Gasteiger partial charge in [0.1, 0.15) is 5.75 Å². The Morgan fingerprint density at radius 2 is 1.94 bits per heavy atom. The number of rotatable bonds is 5. The zero-order valence-electron chi connectivity index (χ0n) is 9.73. The van der Waals surface area contributed by atoms with Gasteiger partial charge >= 0.3 is 6.61 Å². The minimum absolute atomic E-state index is 0.0503. The van der Waals surface area contributed by atoms with Gasteiger partial charge in [-0.05, 0) is 37.3 Å². The van der Waals surface area contributed by atoms with E-state index in [-0.39, 0.29) is 11.8 Å². The SMILES string of the molecule is CC(Nc1ccc(OC(F)F)cc1)c1ccn[nH]1. The highest BCUT2D eigenvalue weighted by Crippen LogP contribution is 2.21. The van der Waals surface area contributed by atoms with Crippen LogP contribution in [-0.2, 0) is 0 Å². The van der Waals surface area contributed by atoms with Gasteiger partial charge in [0.2, 0.25) is 0 Å². The Bertz CT molecular complexity index is 471. The molecule has 6 heteroatoms. The Kier molecular flexibility index (Phi) is 3.76. The number of anilines is 1. The van der Waals surface area contributed by atoms with Gasteiger partial charge < -0.3 is 10.1 Å². The van der Waals surface area contributed by atoms with E-state index in [2.05, 4.69) is 20.3 Å². The first kappa shape index (κ1) is 12.3. The molecule has 0 amide bonds. The number of ether oxygens (including phenoxy) is 1. The smallest absolute Gasteiger partial charge is 0.387 e. The molecule has 0 saturated heterocycles. The van der Waals surface area contributed by atoms with Gasteiger partial charge in [-0.3, -0.25) is 5.10 Å². The monoisotopic (exact) mass is 253 g/mol. The summed E-state index contributed by atoms with van der Waals surface area (Å²) < 4.78 is 28.2. The van der Waals surface area contributed by atoms with Crippen molar-refractivity contribution in [3.63, 3.8) is 0 Å². The first-order valence-corrected chi connectivity index (χ1v) is 5.46. The van der Waals surface area contributed by atoms with Crippen LogP contribution in [0.25, 0.3) is 0 Å². The summed E-state index contributed by atoms with van der Waals surface area (Å²) in [5, 5.41) is 9.93. The molecular weight excluding hydrogens is 240 g/mol. The van der Waals surface area contributed by atoms with Gasteiger partial charge in [0, 0.05) is 11.9 Å². The molecule has 0 aliphatic rings. The summed E-state index contributed by atoms with van der Waals surface area (Å²) >= 11 is 0. The lowest BCUT2D eigenvalue weighted by atomic mass is 10.2. The van der Waals surface area contributed by atoms with Crippen LogP contribution in [0.3, 0.4) is 0 Å². The fraction of sp³-hybridized carbons (Fsp3) is 0.250. The molecule has 1 aromatic heterocycles. The molecule has 2 N–H and O–H groups in total. The van der Waals surface area contributed by atoms with E-state index < -0.39 is 6.61 Å². The second-order valence-corrected chi connectivity index (χ2v) is 3.78. The van der Waals surface area contributed by atoms with Crippen molar-refractivity contribution in [3.05, 3.63) is 42.2 Å². The van der Waals surface area contributed by atoms with Crippen LogP contribution in [-0.4, -0.2) is 16.8 Å². The third-order valence-electron chi connectivity index (χ3n) is 2.45. The predicted octanol–water partition coefficient (Wildman–Crippen LogP) is 3.18. The van der Waals surface area contributed by atoms with Crippen LogP contribution in [0.1, 0.15) is 18.7 Å². The van der Waals surface area contributed by atoms with Crippen LogP contribution in [0, 0.1) is 0 Å². The van der Waals surface area contributed by atoms with Gasteiger partial charge in [-0.2, -0.15) is 13.9 Å². The summed E-state index contributed by atoms with van der Waals surface area (Å²) in [6.07, 6.45) is 1.67. The largest absolute Gasteiger partial charge is 0.435 e. The first-order chi connectivity index (χ1) is 8.65. The van der Waals surface area contributed by atoms with E-state index in [4.69, 9.17) is 0 Å². The molecule has 2 rings (SSSR count). The molecular formula is C12H13F2N3O. The summed E-state index contributed by atoms with van der Waals surface area (Å²) in [6, 6.07) is 8.28. The fourth-order valence-electron chi connectivity index (χ4n) is 1.57. The lowest BCUT2D eigenvalue weighted by Gasteiger charge is -2.14. The summed E-state index contributed by atoms with van der Waals surface area (Å²) in [4.78, 5) is 0. The van der Waals surface area contributed by atoms with Crippen LogP contribution < -0.4 is 10.1 Å². The number of alkyl halides is 2. The molecule has 0 bridgehead atoms. The molecule has 1 unspecified atom stereocenters. The quantitative estimate of drug-likeness (QED) is 0.860. The lowest BCUT2D eigenvalue weighted by molar-refractivity contribution is -0.0498. The number of aromatic nitrogens is 2. The topological polar surface area (TPSA) is 49.9 Å². The van der Waals surface area contributed by atoms with Gasteiger partial charge in [0.05, 0.1) is 11.7 Å². The van der Waals surface area contributed by atoms with Gasteiger partial charge in [-0.15, -0.1) is 0 Å². The molecule has 0 aliphatic carbocycles. The molecule has 0 fully saturated rings. The maximum absolute atomic E-state index is 12.0. The Morgan fingerprint density at radius 1 is 1.22 bits per heavy atom. The van der Waals surface area contributed by atoms with Crippen molar-refractivity contribution >= 4 is 5.69 Å². The van der Waals surface area contributed by atoms with Gasteiger partial charge in [-0.1, -0.05) is 0 Å². The van der Waals surface area contributed by atoms with E-state index in [1.807, 2.05) is 13.0 Å². The highest BCUT2D eigenvalue weighted by atomic mass is 19.3. The van der Waals surface area contributed by atoms with Crippen LogP contribution >= 0.6 is 0 Å². The molecule has 96 valence electrons. The van der Waals surface area contributed by atoms with Crippen LogP contribution in [0.2, 0.25) is 0 Å². The van der Waals surface area contributed by atoms with Crippen molar-refractivity contribution in [1.82, 2.24) is 10.2 Å². The second-order valence-electron chi connectivity index (χ2n) is 3.78. The zero-order chi connectivity index (χ0) is 13.0. The molecule has 1 heterocycles. The van der Waals surface area contributed by atoms with Crippen molar-refractivity contribution in [2.75, 3.05) is 5.32 Å². The Morgan fingerprint density at radius 3 is 2.50 bits per heavy atom. The Labute approximate surface area is 103 Å². The van der Waals surface area contributed by atoms with Gasteiger partial charge in [0.15, 0.2) is 0 Å². The van der Waals surface area contributed by atoms with E-state index in [0.29, 0.717) is 0 Å². The standard InChI is InChI=1S/C12H13F2N3O/c1-8(11-6-7-15-17-11)16-9-2-4-10(5-3-9)18-12(13)14/h2-8,12,16H,1H3,(H,15,17). The Hall–Kier alpha value is -2.11. The normalized spacial score (nSPS) is 12.4. The molecule has 0 radical (unpaired) electrons. The maximum atomic E-state index is 12.0. The van der Waals surface area contributed by atoms with Crippen molar-refractivity contribution in [3.8, 4) is 5.75 Å². The number of hydrogen-bond acceptors (Lipinski definition) is 3. The minimum Gasteiger partial charge on any atom is -0.435 e. The number of halogens is 2. The van der Waals surface area contributed by atoms with Crippen LogP contribution in [0.4, 0.5) is 14.5 Å². The Balaban J connectivity index is 1.98. The summed E-state index contributed by atoms with van der Waals surface area (Å²) in [5.74, 6) is 0.143. The molecule has 0 aliphatic heterocycles. The maximum Gasteiger partial charge on any atom is 0.387 e. The van der Waals surface area contributed by atoms with Crippen molar-refractivity contribution in [2.45, 2.75) is 19.6 Å². The number of H-pyrrole nitrogens is 1. The summed E-state index contributed by atoms with van der Waals surface area (Å²) in [6.45, 7) is -0.829. The van der Waals surface area contributed by atoms with Gasteiger partial charge in [0.25, 0.3) is 0 Å². The number of hydrogen-bond donors (Lipinski definition) is 2. The fourth-order valence-corrected chi connectivity index (χ4v) is 1.57. The summed E-state index contributed by atoms with van der Waals surface area (Å²) in [5.41, 5.74) is 1.77. The first-order valence-electron chi connectivity index (χ1n) is 5.46. The van der Waals surface area contributed by atoms with Crippen LogP contribution in [0.15, 0.2) is 36.5 Å². The number of nitrogens with zero attached hydrogens (tertiary/aromatic N) is 1. The van der Waals surface area contributed by atoms with E-state index >= 15 is 0 Å². The van der Waals surface area contributed by atoms with E-state index in [1.54, 1.807) is 18.3 Å². The molecule has 4 nitrogen and oxygen atoms in total. The third kappa shape index (κ3) is 3.19. The molecule has 18 heavy (non-hydrogen) atoms.